The highest BCUT2D eigenvalue weighted by Gasteiger charge is 2.74. The Labute approximate surface area is 212 Å². The van der Waals surface area contributed by atoms with E-state index in [4.69, 9.17) is 9.16 Å². The fourth-order valence-electron chi connectivity index (χ4n) is 6.88. The predicted molar refractivity (Wildman–Crippen MR) is 140 cm³/mol. The van der Waals surface area contributed by atoms with Crippen molar-refractivity contribution in [1.29, 1.82) is 0 Å². The lowest BCUT2D eigenvalue weighted by molar-refractivity contribution is -0.136. The van der Waals surface area contributed by atoms with Gasteiger partial charge in [-0.1, -0.05) is 59.8 Å². The number of rotatable bonds is 3. The largest absolute Gasteiger partial charge is 0.443 e. The van der Waals surface area contributed by atoms with Gasteiger partial charge in [-0.15, -0.1) is 6.58 Å². The van der Waals surface area contributed by atoms with E-state index in [2.05, 4.69) is 59.6 Å². The average molecular weight is 498 g/mol. The van der Waals surface area contributed by atoms with E-state index >= 15 is 0 Å². The molecule has 7 heteroatoms. The molecule has 0 radical (unpaired) electrons. The van der Waals surface area contributed by atoms with Crippen LogP contribution < -0.4 is 10.2 Å². The van der Waals surface area contributed by atoms with Crippen LogP contribution in [0.4, 0.5) is 10.5 Å². The van der Waals surface area contributed by atoms with Crippen LogP contribution in [-0.4, -0.2) is 39.5 Å². The van der Waals surface area contributed by atoms with Crippen molar-refractivity contribution in [3.05, 3.63) is 42.0 Å². The van der Waals surface area contributed by atoms with Gasteiger partial charge in [-0.25, -0.2) is 4.79 Å². The Morgan fingerprint density at radius 1 is 1.29 bits per heavy atom. The number of hydrogen-bond donors (Lipinski definition) is 1. The standard InChI is InChI=1S/C28H40N2O4Si/c1-11-27(7)19(34-35(9,10)25(2,3)4)15-17-22-28(27,29-24(32)33-22)16-13-12-14-18-20(16)21(26(17,5)6)23(31)30(18)8/h11-14,17,19,21-22H,1,15H2,2-10H3,(H,29,32)/t17-,19-,21+,22-,27+,28+/m0/s1/i22D. The molecule has 0 unspecified atom stereocenters. The molecule has 0 spiro atoms. The quantitative estimate of drug-likeness (QED) is 0.430. The summed E-state index contributed by atoms with van der Waals surface area (Å²) in [5, 5.41) is 3.13. The summed E-state index contributed by atoms with van der Waals surface area (Å²) in [5.74, 6) is -0.904. The van der Waals surface area contributed by atoms with Crippen LogP contribution in [0.3, 0.4) is 0 Å². The van der Waals surface area contributed by atoms with Gasteiger partial charge in [0.25, 0.3) is 0 Å². The van der Waals surface area contributed by atoms with Gasteiger partial charge in [0, 0.05) is 24.1 Å². The molecule has 6 atom stereocenters. The maximum atomic E-state index is 13.8. The van der Waals surface area contributed by atoms with Gasteiger partial charge >= 0.3 is 6.09 Å². The number of likely N-dealkylation sites (N-methyl/N-ethyl adjacent to an activating group) is 1. The van der Waals surface area contributed by atoms with Crippen molar-refractivity contribution in [2.45, 2.75) is 89.7 Å². The molecule has 6 nitrogen and oxygen atoms in total. The van der Waals surface area contributed by atoms with Crippen LogP contribution in [0.25, 0.3) is 0 Å². The Kier molecular flexibility index (Phi) is 4.66. The van der Waals surface area contributed by atoms with Crippen molar-refractivity contribution in [2.24, 2.45) is 16.7 Å². The maximum absolute atomic E-state index is 13.8. The van der Waals surface area contributed by atoms with Crippen LogP contribution in [0.1, 0.15) is 66.4 Å². The van der Waals surface area contributed by atoms with Crippen molar-refractivity contribution < 1.29 is 20.1 Å². The first-order valence-electron chi connectivity index (χ1n) is 13.1. The summed E-state index contributed by atoms with van der Waals surface area (Å²) < 4.78 is 23.1. The zero-order valence-corrected chi connectivity index (χ0v) is 23.5. The van der Waals surface area contributed by atoms with Crippen molar-refractivity contribution in [3.63, 3.8) is 0 Å². The van der Waals surface area contributed by atoms with Crippen LogP contribution in [0, 0.1) is 16.7 Å². The summed E-state index contributed by atoms with van der Waals surface area (Å²) in [5.41, 5.74) is -0.352. The van der Waals surface area contributed by atoms with Crippen LogP contribution in [0.15, 0.2) is 30.9 Å². The number of alkyl carbamates (subject to hydrolysis) is 1. The molecule has 1 saturated carbocycles. The molecule has 1 aromatic rings. The van der Waals surface area contributed by atoms with E-state index in [9.17, 15) is 11.0 Å². The van der Waals surface area contributed by atoms with Crippen LogP contribution in [0.5, 0.6) is 0 Å². The van der Waals surface area contributed by atoms with Gasteiger partial charge in [0.15, 0.2) is 8.32 Å². The van der Waals surface area contributed by atoms with Gasteiger partial charge in [0.05, 0.1) is 13.4 Å². The minimum Gasteiger partial charge on any atom is -0.443 e. The third-order valence-electron chi connectivity index (χ3n) is 10.1. The molecule has 2 amide bonds. The third kappa shape index (κ3) is 2.80. The minimum absolute atomic E-state index is 0.0153. The summed E-state index contributed by atoms with van der Waals surface area (Å²) in [7, 11) is -0.455. The molecule has 1 saturated heterocycles. The summed E-state index contributed by atoms with van der Waals surface area (Å²) in [6, 6.07) is 5.83. The summed E-state index contributed by atoms with van der Waals surface area (Å²) in [4.78, 5) is 28.7. The molecule has 1 N–H and O–H groups in total. The average Bonchev–Trinajstić information content (AvgIpc) is 3.19. The smallest absolute Gasteiger partial charge is 0.408 e. The SMILES string of the molecule is [2H][C@@]12OC(=O)N[C@]13c1cccc4c1[C@H](C(=O)N4C)C(C)(C)[C@H]2C[C@H](O[Si](C)(C)C(C)(C)C)[C@@]3(C)C=C. The van der Waals surface area contributed by atoms with Gasteiger partial charge in [-0.05, 0) is 47.2 Å². The molecule has 35 heavy (non-hydrogen) atoms. The second kappa shape index (κ2) is 7.00. The van der Waals surface area contributed by atoms with Crippen LogP contribution >= 0.6 is 0 Å². The van der Waals surface area contributed by atoms with Gasteiger partial charge in [-0.2, -0.15) is 0 Å². The topological polar surface area (TPSA) is 67.9 Å². The number of hydrogen-bond acceptors (Lipinski definition) is 4. The molecule has 2 aliphatic carbocycles. The highest BCUT2D eigenvalue weighted by molar-refractivity contribution is 6.74. The second-order valence-corrected chi connectivity index (χ2v) is 17.9. The Morgan fingerprint density at radius 2 is 1.94 bits per heavy atom. The number of nitrogens with one attached hydrogen (secondary N) is 1. The van der Waals surface area contributed by atoms with E-state index in [-0.39, 0.29) is 17.0 Å². The molecule has 2 heterocycles. The van der Waals surface area contributed by atoms with Gasteiger partial charge in [-0.3, -0.25) is 4.79 Å². The molecule has 1 aromatic carbocycles. The van der Waals surface area contributed by atoms with Crippen LogP contribution in [0.2, 0.25) is 18.1 Å². The monoisotopic (exact) mass is 497 g/mol. The van der Waals surface area contributed by atoms with Gasteiger partial charge < -0.3 is 19.4 Å². The zero-order valence-electron chi connectivity index (χ0n) is 23.5. The van der Waals surface area contributed by atoms with E-state index in [0.29, 0.717) is 6.42 Å². The first-order valence-corrected chi connectivity index (χ1v) is 15.5. The van der Waals surface area contributed by atoms with E-state index < -0.39 is 48.7 Å². The molecular formula is C28H40N2O4Si. The lowest BCUT2D eigenvalue weighted by atomic mass is 9.52. The Morgan fingerprint density at radius 3 is 2.54 bits per heavy atom. The molecule has 190 valence electrons. The molecular weight excluding hydrogens is 456 g/mol. The Bertz CT molecular complexity index is 1190. The Hall–Kier alpha value is -2.12. The normalized spacial score (nSPS) is 39.7. The number of anilines is 1. The fraction of sp³-hybridized carbons (Fsp3) is 0.643. The highest BCUT2D eigenvalue weighted by atomic mass is 28.4. The van der Waals surface area contributed by atoms with E-state index in [0.717, 1.165) is 16.8 Å². The number of nitrogens with zero attached hydrogens (tertiary/aromatic N) is 1. The summed E-state index contributed by atoms with van der Waals surface area (Å²) >= 11 is 0. The fourth-order valence-corrected chi connectivity index (χ4v) is 8.29. The molecule has 0 aromatic heterocycles. The van der Waals surface area contributed by atoms with E-state index in [1.807, 2.05) is 38.2 Å². The molecule has 2 bridgehead atoms. The highest BCUT2D eigenvalue weighted by Crippen LogP contribution is 2.68. The summed E-state index contributed by atoms with van der Waals surface area (Å²) in [6.45, 7) is 21.5. The number of carbonyl (C=O) groups is 2. The van der Waals surface area contributed by atoms with Gasteiger partial charge in [0.1, 0.15) is 11.6 Å². The molecule has 5 rings (SSSR count). The van der Waals surface area contributed by atoms with Crippen molar-refractivity contribution in [2.75, 3.05) is 11.9 Å². The number of benzene rings is 1. The molecule has 4 aliphatic rings. The molecule has 2 aliphatic heterocycles. The van der Waals surface area contributed by atoms with Crippen molar-refractivity contribution >= 4 is 26.0 Å². The number of ether oxygens (including phenoxy) is 1. The first-order chi connectivity index (χ1) is 16.4. The maximum Gasteiger partial charge on any atom is 0.408 e. The lowest BCUT2D eigenvalue weighted by Crippen LogP contribution is -2.68. The van der Waals surface area contributed by atoms with Crippen molar-refractivity contribution in [1.82, 2.24) is 5.32 Å². The van der Waals surface area contributed by atoms with Crippen molar-refractivity contribution in [3.8, 4) is 0 Å². The third-order valence-corrected chi connectivity index (χ3v) is 14.6. The minimum atomic E-state index is -2.26. The van der Waals surface area contributed by atoms with E-state index in [1.165, 1.54) is 0 Å². The van der Waals surface area contributed by atoms with Gasteiger partial charge in [0.2, 0.25) is 5.91 Å². The number of carbonyl (C=O) groups excluding carboxylic acids is 2. The number of amides is 2. The first kappa shape index (κ1) is 23.3. The van der Waals surface area contributed by atoms with Crippen LogP contribution in [-0.2, 0) is 19.5 Å². The Balaban J connectivity index is 1.88. The predicted octanol–water partition coefficient (Wildman–Crippen LogP) is 5.69. The second-order valence-electron chi connectivity index (χ2n) is 13.2. The lowest BCUT2D eigenvalue weighted by Gasteiger charge is -2.59. The molecule has 2 fully saturated rings. The zero-order chi connectivity index (χ0) is 26.9. The van der Waals surface area contributed by atoms with E-state index in [1.54, 1.807) is 4.90 Å². The summed E-state index contributed by atoms with van der Waals surface area (Å²) in [6.07, 6.45) is -0.253.